The molecule has 1 aromatic carbocycles. The number of benzene rings is 1. The standard InChI is InChI=1S/C18H20FN3OS/c19-14-1-3-16(4-2-14)23-17-6-9-21(10-7-17)8-5-15-13-22-11-12-24-18(22)20-15/h1-4,11-13,17H,5-10H2. The van der Waals surface area contributed by atoms with E-state index in [0.717, 1.165) is 55.3 Å². The topological polar surface area (TPSA) is 29.8 Å². The molecule has 1 aliphatic heterocycles. The average molecular weight is 345 g/mol. The first-order valence-corrected chi connectivity index (χ1v) is 9.20. The first-order valence-electron chi connectivity index (χ1n) is 8.32. The molecule has 0 radical (unpaired) electrons. The molecular formula is C18H20FN3OS. The van der Waals surface area contributed by atoms with Crippen LogP contribution in [0.25, 0.3) is 4.96 Å². The van der Waals surface area contributed by atoms with Crippen LogP contribution in [0.1, 0.15) is 18.5 Å². The van der Waals surface area contributed by atoms with Crippen molar-refractivity contribution in [1.82, 2.24) is 14.3 Å². The third-order valence-electron chi connectivity index (χ3n) is 4.48. The maximum Gasteiger partial charge on any atom is 0.193 e. The number of nitrogens with zero attached hydrogens (tertiary/aromatic N) is 3. The van der Waals surface area contributed by atoms with Gasteiger partial charge in [-0.1, -0.05) is 0 Å². The zero-order valence-corrected chi connectivity index (χ0v) is 14.2. The van der Waals surface area contributed by atoms with Crippen LogP contribution >= 0.6 is 11.3 Å². The fraction of sp³-hybridized carbons (Fsp3) is 0.389. The zero-order valence-electron chi connectivity index (χ0n) is 13.4. The Morgan fingerprint density at radius 1 is 1.21 bits per heavy atom. The number of hydrogen-bond acceptors (Lipinski definition) is 4. The normalized spacial score (nSPS) is 16.7. The molecule has 0 N–H and O–H groups in total. The molecule has 0 amide bonds. The van der Waals surface area contributed by atoms with Gasteiger partial charge in [0.05, 0.1) is 5.69 Å². The number of likely N-dealkylation sites (tertiary alicyclic amines) is 1. The molecule has 0 atom stereocenters. The lowest BCUT2D eigenvalue weighted by Gasteiger charge is -2.32. The number of thiazole rings is 1. The first kappa shape index (κ1) is 15.6. The van der Waals surface area contributed by atoms with Crippen LogP contribution < -0.4 is 4.74 Å². The third kappa shape index (κ3) is 3.60. The Bertz CT molecular complexity index is 762. The molecule has 3 heterocycles. The summed E-state index contributed by atoms with van der Waals surface area (Å²) < 4.78 is 20.9. The third-order valence-corrected chi connectivity index (χ3v) is 5.25. The maximum absolute atomic E-state index is 12.9. The number of aromatic nitrogens is 2. The van der Waals surface area contributed by atoms with Crippen molar-refractivity contribution in [1.29, 1.82) is 0 Å². The van der Waals surface area contributed by atoms with Crippen molar-refractivity contribution < 1.29 is 9.13 Å². The van der Waals surface area contributed by atoms with Gasteiger partial charge in [-0.3, -0.25) is 4.40 Å². The largest absolute Gasteiger partial charge is 0.490 e. The van der Waals surface area contributed by atoms with Gasteiger partial charge in [0.2, 0.25) is 0 Å². The highest BCUT2D eigenvalue weighted by Crippen LogP contribution is 2.20. The minimum Gasteiger partial charge on any atom is -0.490 e. The zero-order chi connectivity index (χ0) is 16.4. The summed E-state index contributed by atoms with van der Waals surface area (Å²) in [7, 11) is 0. The lowest BCUT2D eigenvalue weighted by molar-refractivity contribution is 0.101. The molecule has 0 aliphatic carbocycles. The summed E-state index contributed by atoms with van der Waals surface area (Å²) >= 11 is 1.67. The van der Waals surface area contributed by atoms with E-state index in [1.165, 1.54) is 12.1 Å². The second-order valence-electron chi connectivity index (χ2n) is 6.19. The number of piperidine rings is 1. The number of rotatable bonds is 5. The Hall–Kier alpha value is -1.92. The summed E-state index contributed by atoms with van der Waals surface area (Å²) in [6, 6.07) is 6.29. The molecule has 0 saturated carbocycles. The molecule has 0 spiro atoms. The van der Waals surface area contributed by atoms with E-state index in [1.54, 1.807) is 23.5 Å². The highest BCUT2D eigenvalue weighted by Gasteiger charge is 2.20. The first-order chi connectivity index (χ1) is 11.8. The smallest absolute Gasteiger partial charge is 0.193 e. The molecule has 4 nitrogen and oxygen atoms in total. The van der Waals surface area contributed by atoms with Crippen LogP contribution in [0.2, 0.25) is 0 Å². The number of imidazole rings is 1. The molecule has 126 valence electrons. The highest BCUT2D eigenvalue weighted by molar-refractivity contribution is 7.15. The van der Waals surface area contributed by atoms with Crippen molar-refractivity contribution in [3.8, 4) is 5.75 Å². The van der Waals surface area contributed by atoms with E-state index in [2.05, 4.69) is 32.1 Å². The van der Waals surface area contributed by atoms with E-state index >= 15 is 0 Å². The summed E-state index contributed by atoms with van der Waals surface area (Å²) in [5.74, 6) is 0.532. The Balaban J connectivity index is 1.24. The lowest BCUT2D eigenvalue weighted by atomic mass is 10.1. The fourth-order valence-electron chi connectivity index (χ4n) is 3.13. The van der Waals surface area contributed by atoms with Crippen LogP contribution in [0.5, 0.6) is 5.75 Å². The Morgan fingerprint density at radius 2 is 2.00 bits per heavy atom. The molecule has 0 bridgehead atoms. The van der Waals surface area contributed by atoms with Gasteiger partial charge in [-0.2, -0.15) is 0 Å². The highest BCUT2D eigenvalue weighted by atomic mass is 32.1. The number of hydrogen-bond donors (Lipinski definition) is 0. The maximum atomic E-state index is 12.9. The van der Waals surface area contributed by atoms with E-state index in [-0.39, 0.29) is 11.9 Å². The average Bonchev–Trinajstić information content (AvgIpc) is 3.18. The van der Waals surface area contributed by atoms with E-state index in [9.17, 15) is 4.39 Å². The molecule has 24 heavy (non-hydrogen) atoms. The van der Waals surface area contributed by atoms with Gasteiger partial charge in [0.1, 0.15) is 17.7 Å². The Labute approximate surface area is 144 Å². The number of ether oxygens (including phenoxy) is 1. The summed E-state index contributed by atoms with van der Waals surface area (Å²) in [6.45, 7) is 3.11. The lowest BCUT2D eigenvalue weighted by Crippen LogP contribution is -2.39. The summed E-state index contributed by atoms with van der Waals surface area (Å²) in [4.78, 5) is 8.17. The summed E-state index contributed by atoms with van der Waals surface area (Å²) in [5.41, 5.74) is 1.16. The van der Waals surface area contributed by atoms with Crippen LogP contribution in [0.4, 0.5) is 4.39 Å². The second-order valence-corrected chi connectivity index (χ2v) is 7.06. The van der Waals surface area contributed by atoms with Crippen LogP contribution in [0.3, 0.4) is 0 Å². The molecule has 1 aliphatic rings. The second kappa shape index (κ2) is 6.91. The van der Waals surface area contributed by atoms with Crippen molar-refractivity contribution in [3.63, 3.8) is 0 Å². The van der Waals surface area contributed by atoms with Gasteiger partial charge in [-0.05, 0) is 37.1 Å². The predicted molar refractivity (Wildman–Crippen MR) is 93.3 cm³/mol. The van der Waals surface area contributed by atoms with Crippen molar-refractivity contribution in [2.24, 2.45) is 0 Å². The van der Waals surface area contributed by atoms with Crippen molar-refractivity contribution in [2.45, 2.75) is 25.4 Å². The molecule has 6 heteroatoms. The van der Waals surface area contributed by atoms with Crippen LogP contribution in [-0.2, 0) is 6.42 Å². The Morgan fingerprint density at radius 3 is 2.75 bits per heavy atom. The van der Waals surface area contributed by atoms with Crippen LogP contribution in [-0.4, -0.2) is 40.0 Å². The van der Waals surface area contributed by atoms with E-state index < -0.39 is 0 Å². The van der Waals surface area contributed by atoms with Crippen molar-refractivity contribution >= 4 is 16.3 Å². The van der Waals surface area contributed by atoms with Gasteiger partial charge in [0.25, 0.3) is 0 Å². The summed E-state index contributed by atoms with van der Waals surface area (Å²) in [6.07, 6.45) is 7.40. The van der Waals surface area contributed by atoms with E-state index in [0.29, 0.717) is 0 Å². The van der Waals surface area contributed by atoms with Crippen LogP contribution in [0.15, 0.2) is 42.0 Å². The molecule has 3 aromatic rings. The molecule has 1 fully saturated rings. The van der Waals surface area contributed by atoms with Crippen LogP contribution in [0, 0.1) is 5.82 Å². The SMILES string of the molecule is Fc1ccc(OC2CCN(CCc3cn4ccsc4n3)CC2)cc1. The minimum absolute atomic E-state index is 0.226. The molecular weight excluding hydrogens is 325 g/mol. The van der Waals surface area contributed by atoms with Crippen molar-refractivity contribution in [3.05, 3.63) is 53.6 Å². The molecule has 2 aromatic heterocycles. The van der Waals surface area contributed by atoms with Gasteiger partial charge in [0, 0.05) is 43.8 Å². The molecule has 4 rings (SSSR count). The van der Waals surface area contributed by atoms with Crippen molar-refractivity contribution in [2.75, 3.05) is 19.6 Å². The summed E-state index contributed by atoms with van der Waals surface area (Å²) in [5, 5.41) is 2.05. The Kier molecular flexibility index (Phi) is 4.49. The van der Waals surface area contributed by atoms with E-state index in [4.69, 9.17) is 4.74 Å². The van der Waals surface area contributed by atoms with Gasteiger partial charge in [-0.25, -0.2) is 9.37 Å². The molecule has 1 saturated heterocycles. The van der Waals surface area contributed by atoms with E-state index in [1.807, 2.05) is 0 Å². The predicted octanol–water partition coefficient (Wildman–Crippen LogP) is 3.62. The van der Waals surface area contributed by atoms with Gasteiger partial charge in [0.15, 0.2) is 4.96 Å². The fourth-order valence-corrected chi connectivity index (χ4v) is 3.84. The molecule has 0 unspecified atom stereocenters. The monoisotopic (exact) mass is 345 g/mol. The van der Waals surface area contributed by atoms with Gasteiger partial charge < -0.3 is 9.64 Å². The quantitative estimate of drug-likeness (QED) is 0.707. The minimum atomic E-state index is -0.226. The van der Waals surface area contributed by atoms with Gasteiger partial charge >= 0.3 is 0 Å². The number of halogens is 1. The van der Waals surface area contributed by atoms with Gasteiger partial charge in [-0.15, -0.1) is 11.3 Å². The number of fused-ring (bicyclic) bond motifs is 1.